The average Bonchev–Trinajstić information content (AvgIpc) is 2.89. The molecule has 0 aromatic rings. The fraction of sp³-hybridized carbons (Fsp3) is 0.889. The van der Waals surface area contributed by atoms with E-state index in [0.717, 1.165) is 6.42 Å². The van der Waals surface area contributed by atoms with Crippen molar-refractivity contribution >= 4 is 12.1 Å². The summed E-state index contributed by atoms with van der Waals surface area (Å²) in [4.78, 5) is 32.4. The van der Waals surface area contributed by atoms with Crippen LogP contribution in [-0.4, -0.2) is 77.6 Å². The zero-order valence-corrected chi connectivity index (χ0v) is 16.4. The number of halogens is 1. The zero-order valence-electron chi connectivity index (χ0n) is 16.4. The number of hydrogen-bond donors (Lipinski definition) is 0. The Hall–Kier alpha value is -1.41. The lowest BCUT2D eigenvalue weighted by molar-refractivity contribution is -0.199. The normalized spacial score (nSPS) is 25.3. The molecule has 0 aromatic carbocycles. The minimum absolute atomic E-state index is 0.156. The van der Waals surface area contributed by atoms with E-state index >= 15 is 4.39 Å². The van der Waals surface area contributed by atoms with Gasteiger partial charge in [0.25, 0.3) is 0 Å². The third-order valence-electron chi connectivity index (χ3n) is 4.52. The number of piperazine rings is 1. The molecule has 0 aliphatic carbocycles. The standard InChI is InChI=1S/C18H32FN3O4/c1-5-7-15(23)26-21-12-10-20(11-13-21)14-18(19)8-6-9-22(18)16(24)25-17(2,3)4/h5-14H2,1-4H3. The molecule has 0 saturated carbocycles. The van der Waals surface area contributed by atoms with Crippen LogP contribution in [-0.2, 0) is 14.4 Å². The second-order valence-electron chi connectivity index (χ2n) is 8.07. The second kappa shape index (κ2) is 8.52. The van der Waals surface area contributed by atoms with Gasteiger partial charge in [0.1, 0.15) is 5.60 Å². The maximum atomic E-state index is 15.5. The topological polar surface area (TPSA) is 62.3 Å². The molecule has 0 bridgehead atoms. The van der Waals surface area contributed by atoms with E-state index in [0.29, 0.717) is 52.0 Å². The molecule has 1 atom stereocenters. The van der Waals surface area contributed by atoms with Crippen LogP contribution < -0.4 is 0 Å². The minimum atomic E-state index is -1.70. The van der Waals surface area contributed by atoms with Crippen molar-refractivity contribution in [3.63, 3.8) is 0 Å². The van der Waals surface area contributed by atoms with Gasteiger partial charge in [-0.1, -0.05) is 6.92 Å². The number of carbonyl (C=O) groups is 2. The minimum Gasteiger partial charge on any atom is -0.444 e. The monoisotopic (exact) mass is 373 g/mol. The lowest BCUT2D eigenvalue weighted by atomic mass is 10.1. The molecule has 7 nitrogen and oxygen atoms in total. The highest BCUT2D eigenvalue weighted by Gasteiger charge is 2.47. The predicted molar refractivity (Wildman–Crippen MR) is 95.0 cm³/mol. The lowest BCUT2D eigenvalue weighted by Gasteiger charge is -2.39. The Morgan fingerprint density at radius 1 is 1.12 bits per heavy atom. The van der Waals surface area contributed by atoms with Crippen LogP contribution in [0, 0.1) is 0 Å². The van der Waals surface area contributed by atoms with Gasteiger partial charge in [0.2, 0.25) is 0 Å². The van der Waals surface area contributed by atoms with Gasteiger partial charge in [0.15, 0.2) is 5.79 Å². The summed E-state index contributed by atoms with van der Waals surface area (Å²) in [5, 5.41) is 1.64. The number of carbonyl (C=O) groups excluding carboxylic acids is 2. The molecule has 26 heavy (non-hydrogen) atoms. The Labute approximate surface area is 155 Å². The molecule has 1 amide bonds. The first-order valence-electron chi connectivity index (χ1n) is 9.50. The molecule has 2 fully saturated rings. The van der Waals surface area contributed by atoms with Gasteiger partial charge in [-0.15, -0.1) is 5.06 Å². The molecule has 2 heterocycles. The van der Waals surface area contributed by atoms with Crippen molar-refractivity contribution in [2.45, 2.75) is 64.8 Å². The van der Waals surface area contributed by atoms with E-state index in [-0.39, 0.29) is 12.5 Å². The van der Waals surface area contributed by atoms with Crippen molar-refractivity contribution in [3.05, 3.63) is 0 Å². The largest absolute Gasteiger partial charge is 0.444 e. The molecular weight excluding hydrogens is 341 g/mol. The van der Waals surface area contributed by atoms with Crippen molar-refractivity contribution in [1.82, 2.24) is 14.9 Å². The van der Waals surface area contributed by atoms with Gasteiger partial charge in [-0.25, -0.2) is 9.18 Å². The number of hydroxylamine groups is 2. The van der Waals surface area contributed by atoms with Crippen molar-refractivity contribution in [2.75, 3.05) is 39.3 Å². The summed E-state index contributed by atoms with van der Waals surface area (Å²) in [7, 11) is 0. The van der Waals surface area contributed by atoms with E-state index in [4.69, 9.17) is 9.57 Å². The number of hydrogen-bond acceptors (Lipinski definition) is 6. The Morgan fingerprint density at radius 2 is 1.77 bits per heavy atom. The summed E-state index contributed by atoms with van der Waals surface area (Å²) < 4.78 is 20.8. The molecule has 2 saturated heterocycles. The number of nitrogens with zero attached hydrogens (tertiary/aromatic N) is 3. The summed E-state index contributed by atoms with van der Waals surface area (Å²) in [6.07, 6.45) is 1.51. The van der Waals surface area contributed by atoms with Crippen LogP contribution >= 0.6 is 0 Å². The van der Waals surface area contributed by atoms with Crippen LogP contribution in [0.2, 0.25) is 0 Å². The first-order chi connectivity index (χ1) is 12.1. The Bertz CT molecular complexity index is 503. The average molecular weight is 373 g/mol. The van der Waals surface area contributed by atoms with Crippen LogP contribution in [0.1, 0.15) is 53.4 Å². The van der Waals surface area contributed by atoms with Gasteiger partial charge >= 0.3 is 12.1 Å². The SMILES string of the molecule is CCCC(=O)ON1CCN(CC2(F)CCCN2C(=O)OC(C)(C)C)CC1. The van der Waals surface area contributed by atoms with Crippen molar-refractivity contribution in [2.24, 2.45) is 0 Å². The highest BCUT2D eigenvalue weighted by atomic mass is 19.1. The number of ether oxygens (including phenoxy) is 1. The zero-order chi connectivity index (χ0) is 19.4. The summed E-state index contributed by atoms with van der Waals surface area (Å²) in [5.74, 6) is -1.93. The molecule has 150 valence electrons. The van der Waals surface area contributed by atoms with E-state index in [1.165, 1.54) is 4.90 Å². The quantitative estimate of drug-likeness (QED) is 0.690. The summed E-state index contributed by atoms with van der Waals surface area (Å²) in [6, 6.07) is 0. The number of rotatable bonds is 5. The maximum absolute atomic E-state index is 15.5. The van der Waals surface area contributed by atoms with E-state index < -0.39 is 17.5 Å². The van der Waals surface area contributed by atoms with Gasteiger partial charge in [-0.2, -0.15) is 0 Å². The second-order valence-corrected chi connectivity index (χ2v) is 8.07. The van der Waals surface area contributed by atoms with Crippen molar-refractivity contribution in [1.29, 1.82) is 0 Å². The molecule has 8 heteroatoms. The lowest BCUT2D eigenvalue weighted by Crippen LogP contribution is -2.56. The van der Waals surface area contributed by atoms with E-state index in [1.54, 1.807) is 25.8 Å². The van der Waals surface area contributed by atoms with Gasteiger partial charge in [-0.3, -0.25) is 14.6 Å². The van der Waals surface area contributed by atoms with Crippen LogP contribution in [0.3, 0.4) is 0 Å². The Kier molecular flexibility index (Phi) is 6.85. The highest BCUT2D eigenvalue weighted by molar-refractivity contribution is 5.69. The third-order valence-corrected chi connectivity index (χ3v) is 4.52. The molecule has 0 aromatic heterocycles. The van der Waals surface area contributed by atoms with Gasteiger partial charge in [-0.05, 0) is 33.6 Å². The number of amides is 1. The molecule has 2 rings (SSSR count). The Morgan fingerprint density at radius 3 is 2.35 bits per heavy atom. The summed E-state index contributed by atoms with van der Waals surface area (Å²) >= 11 is 0. The van der Waals surface area contributed by atoms with Crippen molar-refractivity contribution in [3.8, 4) is 0 Å². The molecule has 0 radical (unpaired) electrons. The van der Waals surface area contributed by atoms with Crippen LogP contribution in [0.4, 0.5) is 9.18 Å². The van der Waals surface area contributed by atoms with E-state index in [9.17, 15) is 9.59 Å². The highest BCUT2D eigenvalue weighted by Crippen LogP contribution is 2.33. The fourth-order valence-electron chi connectivity index (χ4n) is 3.30. The van der Waals surface area contributed by atoms with Gasteiger partial charge < -0.3 is 9.57 Å². The van der Waals surface area contributed by atoms with E-state index in [2.05, 4.69) is 0 Å². The molecule has 0 spiro atoms. The molecule has 1 unspecified atom stereocenters. The van der Waals surface area contributed by atoms with Crippen LogP contribution in [0.15, 0.2) is 0 Å². The third kappa shape index (κ3) is 5.81. The number of alkyl halides is 1. The van der Waals surface area contributed by atoms with Gasteiger partial charge in [0.05, 0.1) is 6.54 Å². The predicted octanol–water partition coefficient (Wildman–Crippen LogP) is 2.56. The first kappa shape index (κ1) is 20.9. The van der Waals surface area contributed by atoms with Crippen molar-refractivity contribution < 1.29 is 23.6 Å². The maximum Gasteiger partial charge on any atom is 0.412 e. The fourth-order valence-corrected chi connectivity index (χ4v) is 3.30. The molecule has 0 N–H and O–H groups in total. The molecule has 2 aliphatic rings. The summed E-state index contributed by atoms with van der Waals surface area (Å²) in [5.41, 5.74) is -0.644. The van der Waals surface area contributed by atoms with E-state index in [1.807, 2.05) is 11.8 Å². The Balaban J connectivity index is 1.85. The molecule has 2 aliphatic heterocycles. The smallest absolute Gasteiger partial charge is 0.412 e. The van der Waals surface area contributed by atoms with Crippen LogP contribution in [0.25, 0.3) is 0 Å². The molecular formula is C18H32FN3O4. The number of likely N-dealkylation sites (tertiary alicyclic amines) is 1. The summed E-state index contributed by atoms with van der Waals surface area (Å²) in [6.45, 7) is 10.1. The van der Waals surface area contributed by atoms with Gasteiger partial charge in [0, 0.05) is 45.6 Å². The van der Waals surface area contributed by atoms with Crippen LogP contribution in [0.5, 0.6) is 0 Å². The first-order valence-corrected chi connectivity index (χ1v) is 9.50.